The van der Waals surface area contributed by atoms with Gasteiger partial charge in [0, 0.05) is 34.5 Å². The van der Waals surface area contributed by atoms with Gasteiger partial charge in [0.25, 0.3) is 0 Å². The molecule has 0 amide bonds. The number of benzene rings is 4. The fourth-order valence-corrected chi connectivity index (χ4v) is 9.42. The number of rotatable bonds is 2. The normalized spacial score (nSPS) is 20.1. The molecule has 0 saturated carbocycles. The molecule has 0 N–H and O–H groups in total. The molecule has 3 aliphatic rings. The maximum Gasteiger partial charge on any atom is 0.0708 e. The van der Waals surface area contributed by atoms with E-state index in [1.807, 2.05) is 18.5 Å². The maximum atomic E-state index is 4.65. The summed E-state index contributed by atoms with van der Waals surface area (Å²) in [6.45, 7) is 14.6. The molecule has 2 nitrogen and oxygen atoms in total. The highest BCUT2D eigenvalue weighted by molar-refractivity contribution is 5.98. The van der Waals surface area contributed by atoms with Crippen LogP contribution in [0, 0.1) is 12.8 Å². The average Bonchev–Trinajstić information content (AvgIpc) is 3.43. The quantitative estimate of drug-likeness (QED) is 0.199. The highest BCUT2D eigenvalue weighted by Crippen LogP contribution is 2.63. The smallest absolute Gasteiger partial charge is 0.0708 e. The van der Waals surface area contributed by atoms with E-state index in [0.717, 1.165) is 11.0 Å². The van der Waals surface area contributed by atoms with E-state index in [1.165, 1.54) is 72.0 Å². The van der Waals surface area contributed by atoms with E-state index in [-0.39, 0.29) is 10.8 Å². The van der Waals surface area contributed by atoms with Gasteiger partial charge in [-0.15, -0.1) is 0 Å². The molecule has 0 spiro atoms. The van der Waals surface area contributed by atoms with Crippen LogP contribution in [0.2, 0.25) is 0 Å². The van der Waals surface area contributed by atoms with Crippen molar-refractivity contribution in [3.63, 3.8) is 0 Å². The predicted molar refractivity (Wildman–Crippen MR) is 192 cm³/mol. The number of nitrogens with zero attached hydrogens (tertiary/aromatic N) is 2. The molecule has 2 heterocycles. The Morgan fingerprint density at radius 3 is 2.04 bits per heavy atom. The van der Waals surface area contributed by atoms with Gasteiger partial charge in [0.15, 0.2) is 0 Å². The molecule has 2 atom stereocenters. The third-order valence-electron chi connectivity index (χ3n) is 11.5. The van der Waals surface area contributed by atoms with Crippen molar-refractivity contribution < 1.29 is 0 Å². The van der Waals surface area contributed by atoms with Gasteiger partial charge >= 0.3 is 0 Å². The maximum absolute atomic E-state index is 4.65. The summed E-state index contributed by atoms with van der Waals surface area (Å²) in [5, 5.41) is 2.42. The van der Waals surface area contributed by atoms with Crippen molar-refractivity contribution >= 4 is 27.4 Å². The second-order valence-electron chi connectivity index (χ2n) is 14.8. The monoisotopic (exact) mass is 594 g/mol. The fourth-order valence-electron chi connectivity index (χ4n) is 9.42. The van der Waals surface area contributed by atoms with Crippen molar-refractivity contribution in [3.8, 4) is 22.3 Å². The number of pyridine rings is 2. The van der Waals surface area contributed by atoms with Crippen LogP contribution in [0.25, 0.3) is 49.6 Å². The van der Waals surface area contributed by atoms with E-state index in [2.05, 4.69) is 143 Å². The van der Waals surface area contributed by atoms with Crippen molar-refractivity contribution in [1.82, 2.24) is 9.97 Å². The van der Waals surface area contributed by atoms with Gasteiger partial charge in [-0.05, 0) is 117 Å². The topological polar surface area (TPSA) is 25.8 Å². The molecule has 4 aromatic carbocycles. The fraction of sp³-hybridized carbons (Fsp3) is 0.227. The summed E-state index contributed by atoms with van der Waals surface area (Å²) in [5.41, 5.74) is 18.7. The molecular formula is C44H38N2. The third kappa shape index (κ3) is 3.59. The lowest BCUT2D eigenvalue weighted by molar-refractivity contribution is 0.383. The van der Waals surface area contributed by atoms with Gasteiger partial charge < -0.3 is 0 Å². The van der Waals surface area contributed by atoms with E-state index in [1.54, 1.807) is 5.56 Å². The van der Waals surface area contributed by atoms with Crippen molar-refractivity contribution in [3.05, 3.63) is 148 Å². The Hall–Kier alpha value is -4.82. The lowest BCUT2D eigenvalue weighted by Crippen LogP contribution is -2.29. The number of aryl methyl sites for hydroxylation is 1. The van der Waals surface area contributed by atoms with Crippen LogP contribution in [-0.2, 0) is 10.8 Å². The van der Waals surface area contributed by atoms with Crippen LogP contribution in [0.1, 0.15) is 73.9 Å². The van der Waals surface area contributed by atoms with Gasteiger partial charge in [0.05, 0.1) is 11.0 Å². The van der Waals surface area contributed by atoms with E-state index in [0.29, 0.717) is 11.8 Å². The number of hydrogen-bond donors (Lipinski definition) is 0. The molecule has 2 heteroatoms. The molecule has 9 rings (SSSR count). The van der Waals surface area contributed by atoms with Crippen molar-refractivity contribution in [2.75, 3.05) is 0 Å². The Morgan fingerprint density at radius 2 is 1.33 bits per heavy atom. The van der Waals surface area contributed by atoms with Gasteiger partial charge in [-0.3, -0.25) is 9.97 Å². The first-order valence-corrected chi connectivity index (χ1v) is 16.6. The molecule has 224 valence electrons. The van der Waals surface area contributed by atoms with Crippen LogP contribution in [0.15, 0.2) is 115 Å². The third-order valence-corrected chi connectivity index (χ3v) is 11.5. The lowest BCUT2D eigenvalue weighted by atomic mass is 9.68. The minimum absolute atomic E-state index is 0.0354. The molecule has 2 unspecified atom stereocenters. The summed E-state index contributed by atoms with van der Waals surface area (Å²) in [5.74, 6) is 0.756. The zero-order valence-corrected chi connectivity index (χ0v) is 27.4. The van der Waals surface area contributed by atoms with Crippen molar-refractivity contribution in [2.24, 2.45) is 5.92 Å². The highest BCUT2D eigenvalue weighted by Gasteiger charge is 2.52. The second-order valence-corrected chi connectivity index (χ2v) is 14.8. The van der Waals surface area contributed by atoms with Gasteiger partial charge in [0.1, 0.15) is 0 Å². The summed E-state index contributed by atoms with van der Waals surface area (Å²) in [4.78, 5) is 9.30. The second kappa shape index (κ2) is 9.36. The summed E-state index contributed by atoms with van der Waals surface area (Å²) in [7, 11) is 0. The molecule has 0 saturated heterocycles. The average molecular weight is 595 g/mol. The molecule has 0 bridgehead atoms. The zero-order valence-electron chi connectivity index (χ0n) is 27.4. The van der Waals surface area contributed by atoms with Crippen LogP contribution in [0.3, 0.4) is 0 Å². The number of allylic oxidation sites excluding steroid dienone is 4. The number of aromatic nitrogens is 2. The van der Waals surface area contributed by atoms with Crippen LogP contribution in [0.4, 0.5) is 0 Å². The Kier molecular flexibility index (Phi) is 5.59. The van der Waals surface area contributed by atoms with Gasteiger partial charge in [0.2, 0.25) is 0 Å². The van der Waals surface area contributed by atoms with E-state index >= 15 is 0 Å². The molecule has 3 aliphatic carbocycles. The first-order valence-electron chi connectivity index (χ1n) is 16.6. The van der Waals surface area contributed by atoms with Crippen LogP contribution < -0.4 is 0 Å². The van der Waals surface area contributed by atoms with E-state index < -0.39 is 0 Å². The molecule has 46 heavy (non-hydrogen) atoms. The Bertz CT molecular complexity index is 2340. The van der Waals surface area contributed by atoms with E-state index in [4.69, 9.17) is 0 Å². The Balaban J connectivity index is 1.21. The van der Waals surface area contributed by atoms with E-state index in [9.17, 15) is 0 Å². The van der Waals surface area contributed by atoms with Crippen LogP contribution in [-0.4, -0.2) is 9.97 Å². The first-order chi connectivity index (χ1) is 22.2. The molecule has 0 radical (unpaired) electrons. The Morgan fingerprint density at radius 1 is 0.652 bits per heavy atom. The zero-order chi connectivity index (χ0) is 31.5. The number of hydrogen-bond acceptors (Lipinski definition) is 2. The predicted octanol–water partition coefficient (Wildman–Crippen LogP) is 11.1. The van der Waals surface area contributed by atoms with Gasteiger partial charge in [-0.1, -0.05) is 100 Å². The highest BCUT2D eigenvalue weighted by atomic mass is 14.6. The minimum atomic E-state index is -0.129. The molecule has 2 aromatic heterocycles. The van der Waals surface area contributed by atoms with Gasteiger partial charge in [-0.25, -0.2) is 0 Å². The summed E-state index contributed by atoms with van der Waals surface area (Å²) < 4.78 is 0. The largest absolute Gasteiger partial charge is 0.256 e. The van der Waals surface area contributed by atoms with Crippen molar-refractivity contribution in [1.29, 1.82) is 0 Å². The SMILES string of the molecule is CC1=CC(c2cccc3ncccc23)=CC2C1c1ccc3c(c1C2(C)C)C(C)(C)c1cc(-c2cccc4ncccc24)cc(C)c1-3. The van der Waals surface area contributed by atoms with Gasteiger partial charge in [-0.2, -0.15) is 0 Å². The Labute approximate surface area is 271 Å². The molecule has 0 aliphatic heterocycles. The standard InChI is InChI=1S/C44H38N2/c1-25-21-27(29-11-7-15-37-31(29)13-9-19-45-37)23-35-39(25)33-17-18-34-40-26(2)22-28(30-12-8-16-38-32(30)14-10-20-46-38)24-36(40)44(5,6)42(34)41(33)43(35,3)4/h7-24,35,39H,1-6H3. The summed E-state index contributed by atoms with van der Waals surface area (Å²) >= 11 is 0. The minimum Gasteiger partial charge on any atom is -0.256 e. The molecule has 0 fully saturated rings. The van der Waals surface area contributed by atoms with Crippen LogP contribution in [0.5, 0.6) is 0 Å². The van der Waals surface area contributed by atoms with Crippen molar-refractivity contribution in [2.45, 2.75) is 58.3 Å². The lowest BCUT2D eigenvalue weighted by Gasteiger charge is -2.35. The summed E-state index contributed by atoms with van der Waals surface area (Å²) in [6.07, 6.45) is 8.79. The molecular weight excluding hydrogens is 556 g/mol. The first kappa shape index (κ1) is 27.5. The molecule has 6 aromatic rings. The number of fused-ring (bicyclic) bond motifs is 9. The summed E-state index contributed by atoms with van der Waals surface area (Å²) in [6, 6.07) is 31.3. The van der Waals surface area contributed by atoms with Crippen LogP contribution >= 0.6 is 0 Å².